The first-order chi connectivity index (χ1) is 13.9. The summed E-state index contributed by atoms with van der Waals surface area (Å²) in [5, 5.41) is 11.6. The van der Waals surface area contributed by atoms with E-state index in [1.807, 2.05) is 43.5 Å². The number of hydrogen-bond donors (Lipinski definition) is 1. The first-order valence-electron chi connectivity index (χ1n) is 9.55. The van der Waals surface area contributed by atoms with Gasteiger partial charge in [-0.25, -0.2) is 17.8 Å². The van der Waals surface area contributed by atoms with Crippen molar-refractivity contribution in [2.45, 2.75) is 32.2 Å². The zero-order chi connectivity index (χ0) is 20.4. The van der Waals surface area contributed by atoms with Crippen molar-refractivity contribution in [2.75, 3.05) is 16.8 Å². The standard InChI is InChI=1S/C20H23N5O3S/c1-15-11-19(25(23-15)18-9-10-29(27,28)14-18)22-20(26)8-7-16-12-21-24(13-16)17-5-3-2-4-6-17/h2-6,11-13,18H,7-10,14H2,1H3,(H,22,26)/t18-/m0/s1. The van der Waals surface area contributed by atoms with Crippen molar-refractivity contribution in [1.29, 1.82) is 0 Å². The zero-order valence-electron chi connectivity index (χ0n) is 16.2. The van der Waals surface area contributed by atoms with E-state index in [4.69, 9.17) is 0 Å². The van der Waals surface area contributed by atoms with Crippen LogP contribution in [0.25, 0.3) is 5.69 Å². The molecule has 152 valence electrons. The largest absolute Gasteiger partial charge is 0.311 e. The summed E-state index contributed by atoms with van der Waals surface area (Å²) in [6, 6.07) is 11.3. The van der Waals surface area contributed by atoms with Crippen molar-refractivity contribution in [2.24, 2.45) is 0 Å². The third-order valence-electron chi connectivity index (χ3n) is 4.98. The minimum absolute atomic E-state index is 0.0651. The Morgan fingerprint density at radius 2 is 2.07 bits per heavy atom. The van der Waals surface area contributed by atoms with Gasteiger partial charge in [0.2, 0.25) is 5.91 Å². The van der Waals surface area contributed by atoms with Crippen LogP contribution < -0.4 is 5.32 Å². The lowest BCUT2D eigenvalue weighted by Gasteiger charge is -2.13. The predicted octanol–water partition coefficient (Wildman–Crippen LogP) is 2.31. The summed E-state index contributed by atoms with van der Waals surface area (Å²) < 4.78 is 27.0. The molecule has 8 nitrogen and oxygen atoms in total. The van der Waals surface area contributed by atoms with Crippen LogP contribution in [-0.2, 0) is 21.1 Å². The topological polar surface area (TPSA) is 98.9 Å². The molecule has 0 radical (unpaired) electrons. The smallest absolute Gasteiger partial charge is 0.225 e. The first-order valence-corrected chi connectivity index (χ1v) is 11.4. The molecule has 1 aliphatic rings. The van der Waals surface area contributed by atoms with Crippen molar-refractivity contribution >= 4 is 21.6 Å². The highest BCUT2D eigenvalue weighted by atomic mass is 32.2. The van der Waals surface area contributed by atoms with Crippen molar-refractivity contribution in [3.8, 4) is 5.69 Å². The number of nitrogens with zero attached hydrogens (tertiary/aromatic N) is 4. The second-order valence-electron chi connectivity index (χ2n) is 7.35. The van der Waals surface area contributed by atoms with E-state index >= 15 is 0 Å². The summed E-state index contributed by atoms with van der Waals surface area (Å²) in [6.45, 7) is 1.83. The lowest BCUT2D eigenvalue weighted by Crippen LogP contribution is -2.19. The van der Waals surface area contributed by atoms with Crippen molar-refractivity contribution in [1.82, 2.24) is 19.6 Å². The van der Waals surface area contributed by atoms with Gasteiger partial charge in [-0.1, -0.05) is 18.2 Å². The van der Waals surface area contributed by atoms with E-state index in [0.717, 1.165) is 16.9 Å². The molecule has 0 spiro atoms. The minimum atomic E-state index is -3.03. The van der Waals surface area contributed by atoms with Crippen LogP contribution in [0.5, 0.6) is 0 Å². The first kappa shape index (κ1) is 19.4. The van der Waals surface area contributed by atoms with Crippen LogP contribution >= 0.6 is 0 Å². The molecule has 4 rings (SSSR count). The molecule has 29 heavy (non-hydrogen) atoms. The molecule has 0 aliphatic carbocycles. The molecule has 1 amide bonds. The number of benzene rings is 1. The second kappa shape index (κ2) is 7.82. The maximum Gasteiger partial charge on any atom is 0.225 e. The van der Waals surface area contributed by atoms with Crippen LogP contribution in [0.2, 0.25) is 0 Å². The summed E-state index contributed by atoms with van der Waals surface area (Å²) in [5.74, 6) is 0.638. The number of para-hydroxylation sites is 1. The Hall–Kier alpha value is -2.94. The Kier molecular flexibility index (Phi) is 5.23. The van der Waals surface area contributed by atoms with E-state index in [1.54, 1.807) is 21.6 Å². The lowest BCUT2D eigenvalue weighted by atomic mass is 10.2. The number of carbonyl (C=O) groups excluding carboxylic acids is 1. The Balaban J connectivity index is 1.38. The number of hydrogen-bond acceptors (Lipinski definition) is 5. The highest BCUT2D eigenvalue weighted by Crippen LogP contribution is 2.27. The molecule has 1 fully saturated rings. The Morgan fingerprint density at radius 1 is 1.28 bits per heavy atom. The van der Waals surface area contributed by atoms with Gasteiger partial charge in [-0.3, -0.25) is 4.79 Å². The van der Waals surface area contributed by atoms with Crippen LogP contribution in [0.1, 0.15) is 30.1 Å². The Labute approximate surface area is 169 Å². The van der Waals surface area contributed by atoms with Gasteiger partial charge >= 0.3 is 0 Å². The fraction of sp³-hybridized carbons (Fsp3) is 0.350. The molecule has 1 saturated heterocycles. The number of sulfone groups is 1. The summed E-state index contributed by atoms with van der Waals surface area (Å²) in [5.41, 5.74) is 2.68. The molecule has 1 aromatic carbocycles. The number of aromatic nitrogens is 4. The quantitative estimate of drug-likeness (QED) is 0.669. The van der Waals surface area contributed by atoms with Gasteiger partial charge in [0.05, 0.1) is 35.1 Å². The number of aryl methyl sites for hydroxylation is 2. The molecule has 1 N–H and O–H groups in total. The zero-order valence-corrected chi connectivity index (χ0v) is 17.0. The minimum Gasteiger partial charge on any atom is -0.311 e. The molecule has 2 aromatic heterocycles. The third-order valence-corrected chi connectivity index (χ3v) is 6.73. The van der Waals surface area contributed by atoms with Gasteiger partial charge in [0.15, 0.2) is 9.84 Å². The van der Waals surface area contributed by atoms with E-state index in [1.165, 1.54) is 0 Å². The Bertz CT molecular complexity index is 1120. The van der Waals surface area contributed by atoms with E-state index in [9.17, 15) is 13.2 Å². The number of anilines is 1. The van der Waals surface area contributed by atoms with Crippen LogP contribution in [-0.4, -0.2) is 45.4 Å². The van der Waals surface area contributed by atoms with Gasteiger partial charge in [0.1, 0.15) is 5.82 Å². The van der Waals surface area contributed by atoms with Gasteiger partial charge in [-0.05, 0) is 37.5 Å². The highest BCUT2D eigenvalue weighted by Gasteiger charge is 2.31. The number of carbonyl (C=O) groups is 1. The number of nitrogens with one attached hydrogen (secondary N) is 1. The van der Waals surface area contributed by atoms with Gasteiger partial charge in [-0.2, -0.15) is 10.2 Å². The normalized spacial score (nSPS) is 18.0. The molecule has 0 saturated carbocycles. The molecule has 9 heteroatoms. The monoisotopic (exact) mass is 413 g/mol. The number of amides is 1. The highest BCUT2D eigenvalue weighted by molar-refractivity contribution is 7.91. The molecular formula is C20H23N5O3S. The maximum atomic E-state index is 12.5. The lowest BCUT2D eigenvalue weighted by molar-refractivity contribution is -0.116. The molecule has 3 aromatic rings. The van der Waals surface area contributed by atoms with Crippen LogP contribution in [0, 0.1) is 6.92 Å². The van der Waals surface area contributed by atoms with E-state index in [-0.39, 0.29) is 23.5 Å². The molecule has 1 aliphatic heterocycles. The molecule has 1 atom stereocenters. The van der Waals surface area contributed by atoms with Gasteiger partial charge < -0.3 is 5.32 Å². The fourth-order valence-electron chi connectivity index (χ4n) is 3.53. The molecule has 0 bridgehead atoms. The number of rotatable bonds is 6. The summed E-state index contributed by atoms with van der Waals surface area (Å²) in [4.78, 5) is 12.5. The molecular weight excluding hydrogens is 390 g/mol. The summed E-state index contributed by atoms with van der Waals surface area (Å²) in [6.07, 6.45) is 5.06. The van der Waals surface area contributed by atoms with E-state index in [0.29, 0.717) is 25.1 Å². The SMILES string of the molecule is Cc1cc(NC(=O)CCc2cnn(-c3ccccc3)c2)n([C@H]2CCS(=O)(=O)C2)n1. The Morgan fingerprint density at radius 3 is 2.79 bits per heavy atom. The van der Waals surface area contributed by atoms with Gasteiger partial charge in [0.25, 0.3) is 0 Å². The van der Waals surface area contributed by atoms with Gasteiger partial charge in [0, 0.05) is 18.7 Å². The van der Waals surface area contributed by atoms with Crippen LogP contribution in [0.4, 0.5) is 5.82 Å². The maximum absolute atomic E-state index is 12.5. The summed E-state index contributed by atoms with van der Waals surface area (Å²) in [7, 11) is -3.03. The predicted molar refractivity (Wildman–Crippen MR) is 110 cm³/mol. The van der Waals surface area contributed by atoms with E-state index < -0.39 is 9.84 Å². The fourth-order valence-corrected chi connectivity index (χ4v) is 5.22. The van der Waals surface area contributed by atoms with Crippen LogP contribution in [0.3, 0.4) is 0 Å². The average Bonchev–Trinajstić information content (AvgIpc) is 3.39. The average molecular weight is 414 g/mol. The molecule has 3 heterocycles. The second-order valence-corrected chi connectivity index (χ2v) is 9.58. The van der Waals surface area contributed by atoms with Crippen LogP contribution in [0.15, 0.2) is 48.8 Å². The summed E-state index contributed by atoms with van der Waals surface area (Å²) >= 11 is 0. The van der Waals surface area contributed by atoms with Crippen molar-refractivity contribution < 1.29 is 13.2 Å². The molecule has 0 unspecified atom stereocenters. The van der Waals surface area contributed by atoms with Gasteiger partial charge in [-0.15, -0.1) is 0 Å². The third kappa shape index (κ3) is 4.56. The van der Waals surface area contributed by atoms with Crippen molar-refractivity contribution in [3.05, 3.63) is 60.0 Å². The van der Waals surface area contributed by atoms with Crippen molar-refractivity contribution in [3.63, 3.8) is 0 Å². The van der Waals surface area contributed by atoms with E-state index in [2.05, 4.69) is 15.5 Å².